The molecule has 7 atom stereocenters. The minimum Gasteiger partial charge on any atom is -0.507 e. The summed E-state index contributed by atoms with van der Waals surface area (Å²) in [5, 5.41) is 31.4. The van der Waals surface area contributed by atoms with Gasteiger partial charge < -0.3 is 36.2 Å². The van der Waals surface area contributed by atoms with Gasteiger partial charge in [0.2, 0.25) is 23.7 Å². The van der Waals surface area contributed by atoms with E-state index in [1.54, 1.807) is 0 Å². The Morgan fingerprint density at radius 2 is 1.72 bits per heavy atom. The summed E-state index contributed by atoms with van der Waals surface area (Å²) in [7, 11) is 0. The fourth-order valence-corrected chi connectivity index (χ4v) is 4.96. The highest BCUT2D eigenvalue weighted by Gasteiger charge is 2.42. The number of aromatic nitrogens is 1. The van der Waals surface area contributed by atoms with Gasteiger partial charge in [-0.15, -0.1) is 0 Å². The van der Waals surface area contributed by atoms with Crippen molar-refractivity contribution in [1.82, 2.24) is 26.3 Å². The molecule has 2 fully saturated rings. The molecule has 1 aromatic heterocycles. The van der Waals surface area contributed by atoms with Crippen molar-refractivity contribution in [3.05, 3.63) is 58.7 Å². The first-order valence-electron chi connectivity index (χ1n) is 13.6. The number of aliphatic hydroxyl groups excluding tert-OH is 1. The van der Waals surface area contributed by atoms with E-state index in [1.165, 1.54) is 38.1 Å². The summed E-state index contributed by atoms with van der Waals surface area (Å²) in [5.41, 5.74) is -1.09. The molecule has 4 rings (SSSR count). The Kier molecular flexibility index (Phi) is 9.55. The third kappa shape index (κ3) is 6.72. The smallest absolute Gasteiger partial charge is 0.255 e. The first kappa shape index (κ1) is 31.7. The van der Waals surface area contributed by atoms with E-state index in [9.17, 15) is 42.6 Å². The quantitative estimate of drug-likeness (QED) is 0.260. The molecule has 0 radical (unpaired) electrons. The highest BCUT2D eigenvalue weighted by molar-refractivity contribution is 6.00. The van der Waals surface area contributed by atoms with Crippen molar-refractivity contribution in [2.75, 3.05) is 6.61 Å². The maximum absolute atomic E-state index is 14.7. The van der Waals surface area contributed by atoms with Gasteiger partial charge >= 0.3 is 0 Å². The van der Waals surface area contributed by atoms with Gasteiger partial charge in [0, 0.05) is 18.6 Å². The van der Waals surface area contributed by atoms with Crippen molar-refractivity contribution < 1.29 is 47.3 Å². The fraction of sp³-hybridized carbons (Fsp3) is 0.464. The van der Waals surface area contributed by atoms with Gasteiger partial charge in [0.25, 0.3) is 11.9 Å². The number of rotatable bonds is 5. The highest BCUT2D eigenvalue weighted by atomic mass is 19.2. The zero-order valence-corrected chi connectivity index (χ0v) is 23.5. The van der Waals surface area contributed by atoms with Gasteiger partial charge in [-0.05, 0) is 38.0 Å². The minimum absolute atomic E-state index is 0.177. The molecule has 6 N–H and O–H groups in total. The number of phenols is 1. The van der Waals surface area contributed by atoms with E-state index in [1.807, 2.05) is 0 Å². The van der Waals surface area contributed by atoms with Gasteiger partial charge in [0.1, 0.15) is 17.8 Å². The van der Waals surface area contributed by atoms with Crippen LogP contribution in [0.1, 0.15) is 41.8 Å². The van der Waals surface area contributed by atoms with Gasteiger partial charge in [-0.25, -0.2) is 4.39 Å². The van der Waals surface area contributed by atoms with Crippen molar-refractivity contribution in [3.8, 4) is 5.75 Å². The third-order valence-electron chi connectivity index (χ3n) is 7.77. The lowest BCUT2D eigenvalue weighted by Crippen LogP contribution is -2.66. The third-order valence-corrected chi connectivity index (χ3v) is 7.77. The van der Waals surface area contributed by atoms with Crippen molar-refractivity contribution in [2.45, 2.75) is 70.0 Å². The van der Waals surface area contributed by atoms with Gasteiger partial charge in [-0.3, -0.25) is 19.2 Å². The number of pyridine rings is 1. The number of benzene rings is 1. The maximum atomic E-state index is 14.7. The first-order valence-corrected chi connectivity index (χ1v) is 13.6. The number of nitrogens with one attached hydrogen (secondary N) is 4. The van der Waals surface area contributed by atoms with E-state index < -0.39 is 101 Å². The van der Waals surface area contributed by atoms with E-state index in [2.05, 4.69) is 26.3 Å². The zero-order valence-electron chi connectivity index (χ0n) is 23.5. The summed E-state index contributed by atoms with van der Waals surface area (Å²) in [6.07, 6.45) is -2.64. The van der Waals surface area contributed by atoms with Crippen LogP contribution in [-0.4, -0.2) is 81.8 Å². The monoisotopic (exact) mass is 607 g/mol. The van der Waals surface area contributed by atoms with Crippen LogP contribution in [0.4, 0.5) is 13.2 Å². The second-order valence-electron chi connectivity index (χ2n) is 10.7. The van der Waals surface area contributed by atoms with E-state index in [0.717, 1.165) is 6.92 Å². The molecule has 0 saturated carbocycles. The average Bonchev–Trinajstić information content (AvgIpc) is 2.93. The van der Waals surface area contributed by atoms with Crippen molar-refractivity contribution in [1.29, 1.82) is 0 Å². The topological polar surface area (TPSA) is 179 Å². The lowest BCUT2D eigenvalue weighted by molar-refractivity contribution is -0.144. The molecule has 0 bridgehead atoms. The van der Waals surface area contributed by atoms with Crippen LogP contribution in [0.3, 0.4) is 0 Å². The molecule has 2 aromatic rings. The van der Waals surface area contributed by atoms with E-state index in [0.29, 0.717) is 13.0 Å². The number of aliphatic hydroxyl groups is 1. The number of carbonyl (C=O) groups is 4. The van der Waals surface area contributed by atoms with Crippen molar-refractivity contribution >= 4 is 23.6 Å². The summed E-state index contributed by atoms with van der Waals surface area (Å²) in [6, 6.07) is 0.142. The number of carbonyl (C=O) groups excluding carboxylic acids is 4. The number of phenolic OH excluding ortho intramolecular Hbond substituents is 1. The first-order chi connectivity index (χ1) is 20.3. The molecule has 15 heteroatoms. The zero-order chi connectivity index (χ0) is 31.6. The number of aromatic hydroxyl groups is 1. The average molecular weight is 608 g/mol. The summed E-state index contributed by atoms with van der Waals surface area (Å²) in [6.45, 7) is 4.13. The van der Waals surface area contributed by atoms with Crippen LogP contribution >= 0.6 is 0 Å². The molecule has 0 aliphatic carbocycles. The fourth-order valence-electron chi connectivity index (χ4n) is 4.96. The molecular formula is C28H32F3N5O7. The summed E-state index contributed by atoms with van der Waals surface area (Å²) < 4.78 is 48.1. The maximum Gasteiger partial charge on any atom is 0.255 e. The molecule has 12 nitrogen and oxygen atoms in total. The van der Waals surface area contributed by atoms with Gasteiger partial charge in [0.15, 0.2) is 5.82 Å². The number of amides is 4. The highest BCUT2D eigenvalue weighted by Crippen LogP contribution is 2.23. The molecule has 232 valence electrons. The van der Waals surface area contributed by atoms with Gasteiger partial charge in [-0.1, -0.05) is 19.1 Å². The number of hydrogen-bond acceptors (Lipinski definition) is 8. The van der Waals surface area contributed by atoms with E-state index in [-0.39, 0.29) is 11.3 Å². The van der Waals surface area contributed by atoms with Crippen LogP contribution in [0, 0.1) is 30.6 Å². The number of para-hydroxylation sites is 1. The molecule has 3 heterocycles. The van der Waals surface area contributed by atoms with Crippen molar-refractivity contribution in [3.63, 3.8) is 0 Å². The van der Waals surface area contributed by atoms with Crippen LogP contribution in [0.2, 0.25) is 0 Å². The SMILES string of the molecule is Cc1c(F)c(F)nc(F)c1C[C@@H]1NC(=O)[C@@H](NC(=O)c2ccccc2O)[C@@H](C)NC(=O)C(C2CCO2)NC(=O)[C@H](C)[C@@H]1O. The van der Waals surface area contributed by atoms with Crippen LogP contribution in [-0.2, 0) is 25.5 Å². The van der Waals surface area contributed by atoms with Crippen LogP contribution in [0.25, 0.3) is 0 Å². The van der Waals surface area contributed by atoms with Crippen LogP contribution in [0.5, 0.6) is 5.75 Å². The number of ether oxygens (including phenoxy) is 1. The Balaban J connectivity index is 1.73. The lowest BCUT2D eigenvalue weighted by Gasteiger charge is -2.37. The van der Waals surface area contributed by atoms with Crippen LogP contribution < -0.4 is 21.3 Å². The molecule has 2 saturated heterocycles. The Labute approximate surface area is 244 Å². The molecule has 1 aromatic carbocycles. The van der Waals surface area contributed by atoms with Crippen molar-refractivity contribution in [2.24, 2.45) is 5.92 Å². The second kappa shape index (κ2) is 13.0. The lowest BCUT2D eigenvalue weighted by atomic mass is 9.90. The predicted molar refractivity (Wildman–Crippen MR) is 143 cm³/mol. The second-order valence-corrected chi connectivity index (χ2v) is 10.7. The Hall–Kier alpha value is -4.24. The largest absolute Gasteiger partial charge is 0.507 e. The Morgan fingerprint density at radius 3 is 2.35 bits per heavy atom. The van der Waals surface area contributed by atoms with Gasteiger partial charge in [-0.2, -0.15) is 13.8 Å². The number of hydrogen-bond donors (Lipinski definition) is 6. The molecule has 4 amide bonds. The summed E-state index contributed by atoms with van der Waals surface area (Å²) in [5.74, 6) is -9.53. The normalized spacial score (nSPS) is 28.3. The van der Waals surface area contributed by atoms with Gasteiger partial charge in [0.05, 0.1) is 35.8 Å². The standard InChI is InChI=1S/C28H32F3N5O7/c1-11-15(23(30)36-24(31)19(11)29)10-16-22(38)12(2)25(39)35-21(18-8-9-43-18)28(42)32-13(3)20(27(41)33-16)34-26(40)14-6-4-5-7-17(14)37/h4-7,12-13,16,18,20-22,37-38H,8-10H2,1-3H3,(H,32,42)(H,33,41)(H,34,40)(H,35,39)/t12-,13-,16+,18?,20+,21?,22+/m1/s1. The molecule has 2 unspecified atom stereocenters. The molecule has 43 heavy (non-hydrogen) atoms. The summed E-state index contributed by atoms with van der Waals surface area (Å²) >= 11 is 0. The Morgan fingerprint density at radius 1 is 1.05 bits per heavy atom. The number of nitrogens with zero attached hydrogens (tertiary/aromatic N) is 1. The molecule has 0 spiro atoms. The van der Waals surface area contributed by atoms with E-state index >= 15 is 0 Å². The molecular weight excluding hydrogens is 575 g/mol. The Bertz CT molecular complexity index is 1420. The molecule has 2 aliphatic rings. The summed E-state index contributed by atoms with van der Waals surface area (Å²) in [4.78, 5) is 56.1. The van der Waals surface area contributed by atoms with E-state index in [4.69, 9.17) is 4.74 Å². The predicted octanol–water partition coefficient (Wildman–Crippen LogP) is 0.128. The molecule has 2 aliphatic heterocycles. The number of halogens is 3. The van der Waals surface area contributed by atoms with Crippen LogP contribution in [0.15, 0.2) is 24.3 Å². The minimum atomic E-state index is -1.74.